The summed E-state index contributed by atoms with van der Waals surface area (Å²) in [6.45, 7) is 2.35. The molecule has 0 aromatic heterocycles. The predicted octanol–water partition coefficient (Wildman–Crippen LogP) is 4.16. The molecule has 0 fully saturated rings. The Balaban J connectivity index is 1.95. The normalized spacial score (nSPS) is 11.3. The van der Waals surface area contributed by atoms with Crippen molar-refractivity contribution in [1.82, 2.24) is 5.32 Å². The number of halogens is 2. The van der Waals surface area contributed by atoms with Crippen molar-refractivity contribution in [3.8, 4) is 0 Å². The van der Waals surface area contributed by atoms with Gasteiger partial charge in [0.25, 0.3) is 0 Å². The molecule has 0 aliphatic rings. The summed E-state index contributed by atoms with van der Waals surface area (Å²) < 4.78 is 25.7. The number of carbonyl (C=O) groups is 1. The van der Waals surface area contributed by atoms with E-state index in [0.29, 0.717) is 28.7 Å². The van der Waals surface area contributed by atoms with E-state index in [2.05, 4.69) is 5.32 Å². The maximum atomic E-state index is 12.2. The van der Waals surface area contributed by atoms with E-state index in [-0.39, 0.29) is 18.9 Å². The van der Waals surface area contributed by atoms with Gasteiger partial charge in [0.1, 0.15) is 0 Å². The summed E-state index contributed by atoms with van der Waals surface area (Å²) >= 11 is 12.1. The van der Waals surface area contributed by atoms with Gasteiger partial charge >= 0.3 is 0 Å². The number of hydrogen-bond donors (Lipinski definition) is 1. The molecule has 0 saturated carbocycles. The van der Waals surface area contributed by atoms with E-state index >= 15 is 0 Å². The molecule has 0 radical (unpaired) electrons. The lowest BCUT2D eigenvalue weighted by Gasteiger charge is -2.24. The van der Waals surface area contributed by atoms with E-state index in [1.54, 1.807) is 24.3 Å². The molecular weight excluding hydrogens is 407 g/mol. The SMILES string of the molecule is Cc1ccc(Cl)cc1N(CCCC(=O)NCc1ccccc1Cl)S(C)(=O)=O. The monoisotopic (exact) mass is 428 g/mol. The predicted molar refractivity (Wildman–Crippen MR) is 111 cm³/mol. The van der Waals surface area contributed by atoms with Crippen LogP contribution >= 0.6 is 23.2 Å². The third-order valence-electron chi connectivity index (χ3n) is 4.04. The molecule has 0 bridgehead atoms. The summed E-state index contributed by atoms with van der Waals surface area (Å²) in [5.41, 5.74) is 2.16. The molecule has 2 aromatic carbocycles. The number of aryl methyl sites for hydroxylation is 1. The van der Waals surface area contributed by atoms with Gasteiger partial charge in [-0.15, -0.1) is 0 Å². The second-order valence-electron chi connectivity index (χ2n) is 6.24. The maximum Gasteiger partial charge on any atom is 0.232 e. The quantitative estimate of drug-likeness (QED) is 0.685. The van der Waals surface area contributed by atoms with E-state index in [1.165, 1.54) is 4.31 Å². The van der Waals surface area contributed by atoms with Crippen LogP contribution in [0.25, 0.3) is 0 Å². The van der Waals surface area contributed by atoms with Crippen molar-refractivity contribution in [3.05, 3.63) is 63.6 Å². The van der Waals surface area contributed by atoms with Crippen LogP contribution in [0.5, 0.6) is 0 Å². The maximum absolute atomic E-state index is 12.2. The minimum absolute atomic E-state index is 0.161. The van der Waals surface area contributed by atoms with Crippen molar-refractivity contribution in [2.75, 3.05) is 17.1 Å². The molecule has 5 nitrogen and oxygen atoms in total. The number of amides is 1. The van der Waals surface area contributed by atoms with Crippen LogP contribution in [0.3, 0.4) is 0 Å². The van der Waals surface area contributed by atoms with Gasteiger partial charge in [-0.05, 0) is 42.7 Å². The molecule has 0 saturated heterocycles. The number of nitrogens with zero attached hydrogens (tertiary/aromatic N) is 1. The lowest BCUT2D eigenvalue weighted by atomic mass is 10.2. The molecule has 27 heavy (non-hydrogen) atoms. The minimum atomic E-state index is -3.49. The topological polar surface area (TPSA) is 66.5 Å². The first-order valence-corrected chi connectivity index (χ1v) is 11.0. The summed E-state index contributed by atoms with van der Waals surface area (Å²) in [4.78, 5) is 12.1. The first-order chi connectivity index (χ1) is 12.7. The summed E-state index contributed by atoms with van der Waals surface area (Å²) in [5.74, 6) is -0.161. The number of rotatable bonds is 8. The molecule has 0 unspecified atom stereocenters. The van der Waals surface area contributed by atoms with Crippen molar-refractivity contribution in [2.45, 2.75) is 26.3 Å². The Bertz CT molecular complexity index is 917. The van der Waals surface area contributed by atoms with Gasteiger partial charge in [0, 0.05) is 29.6 Å². The minimum Gasteiger partial charge on any atom is -0.352 e. The fourth-order valence-corrected chi connectivity index (χ4v) is 4.01. The Morgan fingerprint density at radius 1 is 1.15 bits per heavy atom. The molecule has 1 amide bonds. The highest BCUT2D eigenvalue weighted by molar-refractivity contribution is 7.92. The standard InChI is InChI=1S/C19H22Cl2N2O3S/c1-14-9-10-16(20)12-18(14)23(27(2,25)26)11-5-8-19(24)22-13-15-6-3-4-7-17(15)21/h3-4,6-7,9-10,12H,5,8,11,13H2,1-2H3,(H,22,24). The van der Waals surface area contributed by atoms with E-state index in [1.807, 2.05) is 25.1 Å². The van der Waals surface area contributed by atoms with Gasteiger partial charge in [-0.1, -0.05) is 47.5 Å². The highest BCUT2D eigenvalue weighted by atomic mass is 35.5. The van der Waals surface area contributed by atoms with Crippen molar-refractivity contribution >= 4 is 44.8 Å². The number of carbonyl (C=O) groups excluding carboxylic acids is 1. The van der Waals surface area contributed by atoms with E-state index in [9.17, 15) is 13.2 Å². The van der Waals surface area contributed by atoms with Crippen molar-refractivity contribution in [1.29, 1.82) is 0 Å². The van der Waals surface area contributed by atoms with Crippen molar-refractivity contribution < 1.29 is 13.2 Å². The molecular formula is C19H22Cl2N2O3S. The smallest absolute Gasteiger partial charge is 0.232 e. The third-order valence-corrected chi connectivity index (χ3v) is 5.82. The molecule has 0 heterocycles. The Labute approximate surface area is 170 Å². The molecule has 0 spiro atoms. The average molecular weight is 429 g/mol. The zero-order valence-corrected chi connectivity index (χ0v) is 17.5. The van der Waals surface area contributed by atoms with Crippen molar-refractivity contribution in [2.24, 2.45) is 0 Å². The van der Waals surface area contributed by atoms with Crippen LogP contribution in [0.15, 0.2) is 42.5 Å². The summed E-state index contributed by atoms with van der Waals surface area (Å²) in [6, 6.07) is 12.4. The summed E-state index contributed by atoms with van der Waals surface area (Å²) in [7, 11) is -3.49. The molecule has 2 rings (SSSR count). The average Bonchev–Trinajstić information content (AvgIpc) is 2.59. The highest BCUT2D eigenvalue weighted by Gasteiger charge is 2.19. The van der Waals surface area contributed by atoms with Crippen LogP contribution < -0.4 is 9.62 Å². The van der Waals surface area contributed by atoms with Crippen LogP contribution in [-0.2, 0) is 21.4 Å². The fourth-order valence-electron chi connectivity index (χ4n) is 2.62. The molecule has 146 valence electrons. The molecule has 0 atom stereocenters. The second kappa shape index (κ2) is 9.44. The number of hydrogen-bond acceptors (Lipinski definition) is 3. The summed E-state index contributed by atoms with van der Waals surface area (Å²) in [5, 5.41) is 3.85. The van der Waals surface area contributed by atoms with Crippen LogP contribution in [0.4, 0.5) is 5.69 Å². The summed E-state index contributed by atoms with van der Waals surface area (Å²) in [6.07, 6.45) is 1.73. The van der Waals surface area contributed by atoms with Gasteiger partial charge < -0.3 is 5.32 Å². The van der Waals surface area contributed by atoms with Gasteiger partial charge in [0.2, 0.25) is 15.9 Å². The van der Waals surface area contributed by atoms with Gasteiger partial charge in [0.05, 0.1) is 11.9 Å². The number of nitrogens with one attached hydrogen (secondary N) is 1. The molecule has 0 aliphatic heterocycles. The third kappa shape index (κ3) is 6.41. The van der Waals surface area contributed by atoms with E-state index in [4.69, 9.17) is 23.2 Å². The van der Waals surface area contributed by atoms with E-state index in [0.717, 1.165) is 17.4 Å². The van der Waals surface area contributed by atoms with Crippen LogP contribution in [0.1, 0.15) is 24.0 Å². The molecule has 8 heteroatoms. The number of sulfonamides is 1. The van der Waals surface area contributed by atoms with Gasteiger partial charge in [-0.2, -0.15) is 0 Å². The first-order valence-electron chi connectivity index (χ1n) is 8.42. The Morgan fingerprint density at radius 3 is 2.52 bits per heavy atom. The van der Waals surface area contributed by atoms with Gasteiger partial charge in [-0.25, -0.2) is 8.42 Å². The second-order valence-corrected chi connectivity index (χ2v) is 8.99. The van der Waals surface area contributed by atoms with Crippen LogP contribution in [0, 0.1) is 6.92 Å². The zero-order valence-electron chi connectivity index (χ0n) is 15.2. The Morgan fingerprint density at radius 2 is 1.85 bits per heavy atom. The molecule has 1 N–H and O–H groups in total. The lowest BCUT2D eigenvalue weighted by molar-refractivity contribution is -0.121. The zero-order chi connectivity index (χ0) is 20.0. The Kier molecular flexibility index (Phi) is 7.53. The first kappa shape index (κ1) is 21.5. The fraction of sp³-hybridized carbons (Fsp3) is 0.316. The Hall–Kier alpha value is -1.76. The van der Waals surface area contributed by atoms with Crippen LogP contribution in [0.2, 0.25) is 10.0 Å². The molecule has 0 aliphatic carbocycles. The van der Waals surface area contributed by atoms with Gasteiger partial charge in [0.15, 0.2) is 0 Å². The molecule has 2 aromatic rings. The highest BCUT2D eigenvalue weighted by Crippen LogP contribution is 2.26. The van der Waals surface area contributed by atoms with Crippen LogP contribution in [-0.4, -0.2) is 27.1 Å². The largest absolute Gasteiger partial charge is 0.352 e. The van der Waals surface area contributed by atoms with Crippen molar-refractivity contribution in [3.63, 3.8) is 0 Å². The lowest BCUT2D eigenvalue weighted by Crippen LogP contribution is -2.32. The number of anilines is 1. The van der Waals surface area contributed by atoms with Gasteiger partial charge in [-0.3, -0.25) is 9.10 Å². The van der Waals surface area contributed by atoms with E-state index < -0.39 is 10.0 Å². The number of benzene rings is 2.